The Labute approximate surface area is 454 Å². The van der Waals surface area contributed by atoms with E-state index in [-0.39, 0.29) is 65.6 Å². The van der Waals surface area contributed by atoms with Gasteiger partial charge >= 0.3 is 0 Å². The minimum Gasteiger partial charge on any atom is -0.396 e. The maximum absolute atomic E-state index is 13.9. The normalized spacial score (nSPS) is 14.0. The van der Waals surface area contributed by atoms with Crippen molar-refractivity contribution < 1.29 is 26.8 Å². The molecule has 6 heterocycles. The summed E-state index contributed by atoms with van der Waals surface area (Å²) in [6.45, 7) is 2.03. The number of anilines is 4. The van der Waals surface area contributed by atoms with Gasteiger partial charge in [0.25, 0.3) is 21.8 Å². The minimum absolute atomic E-state index is 0. The summed E-state index contributed by atoms with van der Waals surface area (Å²) in [4.78, 5) is 50.4. The Morgan fingerprint density at radius 2 is 1.09 bits per heavy atom. The number of nitrogen functional groups attached to an aromatic ring is 2. The molecule has 0 radical (unpaired) electrons. The molecule has 0 bridgehead atoms. The first-order valence-electron chi connectivity index (χ1n) is 24.0. The number of nitrogens with zero attached hydrogens (tertiary/aromatic N) is 7. The van der Waals surface area contributed by atoms with Crippen molar-refractivity contribution in [1.29, 1.82) is 0 Å². The summed E-state index contributed by atoms with van der Waals surface area (Å²) < 4.78 is 55.9. The number of benzene rings is 5. The number of aromatic amines is 1. The van der Waals surface area contributed by atoms with Crippen LogP contribution in [-0.2, 0) is 10.0 Å². The van der Waals surface area contributed by atoms with Gasteiger partial charge in [-0.2, -0.15) is 0 Å². The molecule has 2 amide bonds. The molecule has 2 fully saturated rings. The lowest BCUT2D eigenvalue weighted by molar-refractivity contribution is 0.0710. The zero-order valence-corrected chi connectivity index (χ0v) is 42.3. The van der Waals surface area contributed by atoms with Crippen molar-refractivity contribution in [1.82, 2.24) is 38.7 Å². The fourth-order valence-corrected chi connectivity index (χ4v) is 11.0. The average molecular weight is 1100 g/mol. The second kappa shape index (κ2) is 23.4. The Bertz CT molecular complexity index is 3720. The zero-order chi connectivity index (χ0) is 52.4. The number of hydrogen-bond acceptors (Lipinski definition) is 12. The lowest BCUT2D eigenvalue weighted by Gasteiger charge is -2.32. The van der Waals surface area contributed by atoms with Crippen LogP contribution in [0.25, 0.3) is 44.3 Å². The largest absolute Gasteiger partial charge is 0.396 e. The van der Waals surface area contributed by atoms with E-state index in [1.807, 2.05) is 42.6 Å². The summed E-state index contributed by atoms with van der Waals surface area (Å²) in [5.74, 6) is -0.819. The van der Waals surface area contributed by atoms with E-state index in [4.69, 9.17) is 34.7 Å². The number of carbonyl (C=O) groups excluding carboxylic acids is 2. The Hall–Kier alpha value is -8.13. The Kier molecular flexibility index (Phi) is 16.8. The molecular weight excluding hydrogens is 1050 g/mol. The molecule has 11 rings (SSSR count). The SMILES string of the molecule is C.C.Nc1ccc(C(=O)N2CCC(Nc3ncc(Cl)c(-c4c[nH]c5ccccc45)n3)CC2)cc1F.Nc1ccc(C(=O)N2CCC(Nc3ncc(Cl)c(-c4cn(S(=O)(=O)c5ccccc5)c5ccccc45)n3)CC2)cc1F. The van der Waals surface area contributed by atoms with Crippen LogP contribution in [0, 0.1) is 11.6 Å². The molecule has 9 aromatic rings. The standard InChI is InChI=1S/C30H26ClFN6O3S.C24H22ClFN6O.2CH4/c31-24-17-34-30(35-20-12-14-37(15-13-20)29(39)19-10-11-26(33)25(32)16-19)36-28(24)23-18-38(27-9-5-4-8-22(23)27)42(40,41)21-6-2-1-3-7-21;25-18-13-29-24(31-22(18)17-12-28-21-4-2-1-3-16(17)21)30-15-7-9-32(10-8-15)23(33)14-5-6-20(27)19(26)11-14;;/h1-11,16-18,20H,12-15,33H2,(H,34,35,36);1-6,11-13,15,28H,7-10,27H2,(H,29,30,31);2*1H4. The number of para-hydroxylation sites is 2. The number of likely N-dealkylation sites (tertiary alicyclic amines) is 2. The minimum atomic E-state index is -3.88. The first kappa shape index (κ1) is 55.1. The highest BCUT2D eigenvalue weighted by Crippen LogP contribution is 2.37. The van der Waals surface area contributed by atoms with E-state index >= 15 is 0 Å². The number of aromatic nitrogens is 6. The number of H-pyrrole nitrogens is 1. The zero-order valence-electron chi connectivity index (χ0n) is 39.9. The third kappa shape index (κ3) is 11.7. The summed E-state index contributed by atoms with van der Waals surface area (Å²) in [7, 11) is -3.88. The van der Waals surface area contributed by atoms with Gasteiger partial charge in [0, 0.05) is 89.2 Å². The third-order valence-corrected chi connectivity index (χ3v) is 15.5. The summed E-state index contributed by atoms with van der Waals surface area (Å²) in [6.07, 6.45) is 9.20. The van der Waals surface area contributed by atoms with E-state index in [0.29, 0.717) is 89.4 Å². The van der Waals surface area contributed by atoms with E-state index in [1.54, 1.807) is 64.5 Å². The Morgan fingerprint density at radius 1 is 0.623 bits per heavy atom. The highest BCUT2D eigenvalue weighted by molar-refractivity contribution is 7.90. The van der Waals surface area contributed by atoms with Crippen LogP contribution in [0.5, 0.6) is 0 Å². The quantitative estimate of drug-likeness (QED) is 0.0807. The molecule has 7 N–H and O–H groups in total. The molecule has 0 unspecified atom stereocenters. The molecule has 2 saturated heterocycles. The van der Waals surface area contributed by atoms with Crippen LogP contribution >= 0.6 is 23.2 Å². The summed E-state index contributed by atoms with van der Waals surface area (Å²) in [5, 5.41) is 9.15. The second-order valence-corrected chi connectivity index (χ2v) is 20.7. The van der Waals surface area contributed by atoms with E-state index in [1.165, 1.54) is 40.6 Å². The van der Waals surface area contributed by atoms with Gasteiger partial charge in [-0.3, -0.25) is 9.59 Å². The fraction of sp³-hybridized carbons (Fsp3) is 0.214. The first-order chi connectivity index (χ1) is 36.2. The van der Waals surface area contributed by atoms with E-state index in [9.17, 15) is 26.8 Å². The van der Waals surface area contributed by atoms with Crippen molar-refractivity contribution in [3.8, 4) is 22.5 Å². The summed E-state index contributed by atoms with van der Waals surface area (Å²) >= 11 is 13.0. The van der Waals surface area contributed by atoms with Crippen molar-refractivity contribution in [2.24, 2.45) is 0 Å². The number of nitrogens with one attached hydrogen (secondary N) is 3. The van der Waals surface area contributed by atoms with Crippen LogP contribution in [-0.4, -0.2) is 97.2 Å². The molecule has 5 aromatic carbocycles. The molecule has 0 aliphatic carbocycles. The van der Waals surface area contributed by atoms with Crippen LogP contribution in [0.1, 0.15) is 61.3 Å². The van der Waals surface area contributed by atoms with Gasteiger partial charge in [-0.15, -0.1) is 0 Å². The fourth-order valence-electron chi connectivity index (χ4n) is 9.27. The molecule has 398 valence electrons. The number of fused-ring (bicyclic) bond motifs is 2. The molecule has 4 aromatic heterocycles. The number of amides is 2. The maximum Gasteiger partial charge on any atom is 0.268 e. The molecule has 0 atom stereocenters. The number of rotatable bonds is 10. The van der Waals surface area contributed by atoms with Crippen LogP contribution in [0.2, 0.25) is 10.0 Å². The smallest absolute Gasteiger partial charge is 0.268 e. The Balaban J connectivity index is 0.000000204. The van der Waals surface area contributed by atoms with E-state index in [2.05, 4.69) is 35.6 Å². The maximum atomic E-state index is 13.9. The van der Waals surface area contributed by atoms with Gasteiger partial charge in [-0.1, -0.05) is 92.7 Å². The van der Waals surface area contributed by atoms with E-state index in [0.717, 1.165) is 35.4 Å². The molecule has 77 heavy (non-hydrogen) atoms. The Morgan fingerprint density at radius 3 is 1.61 bits per heavy atom. The van der Waals surface area contributed by atoms with Gasteiger partial charge < -0.3 is 36.9 Å². The van der Waals surface area contributed by atoms with Gasteiger partial charge in [0.2, 0.25) is 11.9 Å². The predicted molar refractivity (Wildman–Crippen MR) is 302 cm³/mol. The van der Waals surface area contributed by atoms with Gasteiger partial charge in [0.1, 0.15) is 11.6 Å². The van der Waals surface area contributed by atoms with Crippen molar-refractivity contribution >= 4 is 90.1 Å². The monoisotopic (exact) mass is 1100 g/mol. The molecule has 21 heteroatoms. The molecule has 2 aliphatic rings. The van der Waals surface area contributed by atoms with Crippen molar-refractivity contribution in [3.63, 3.8) is 0 Å². The number of halogens is 4. The van der Waals surface area contributed by atoms with Gasteiger partial charge in [0.05, 0.1) is 55.6 Å². The lowest BCUT2D eigenvalue weighted by atomic mass is 10.0. The van der Waals surface area contributed by atoms with Crippen molar-refractivity contribution in [2.45, 2.75) is 57.5 Å². The number of piperidine rings is 2. The number of hydrogen-bond donors (Lipinski definition) is 5. The van der Waals surface area contributed by atoms with Crippen LogP contribution in [0.3, 0.4) is 0 Å². The summed E-state index contributed by atoms with van der Waals surface area (Å²) in [5.41, 5.74) is 15.7. The van der Waals surface area contributed by atoms with E-state index < -0.39 is 21.7 Å². The molecular formula is C56H56Cl2F2N12O4S. The predicted octanol–water partition coefficient (Wildman–Crippen LogP) is 11.4. The summed E-state index contributed by atoms with van der Waals surface area (Å²) in [6, 6.07) is 31.7. The second-order valence-electron chi connectivity index (χ2n) is 18.1. The van der Waals surface area contributed by atoms with Gasteiger partial charge in [-0.05, 0) is 86.3 Å². The molecule has 0 spiro atoms. The number of nitrogens with two attached hydrogens (primary N) is 2. The number of carbonyl (C=O) groups is 2. The van der Waals surface area contributed by atoms with Crippen LogP contribution < -0.4 is 22.1 Å². The highest BCUT2D eigenvalue weighted by Gasteiger charge is 2.28. The topological polar surface area (TPSA) is 223 Å². The first-order valence-corrected chi connectivity index (χ1v) is 26.2. The lowest BCUT2D eigenvalue weighted by Crippen LogP contribution is -2.42. The van der Waals surface area contributed by atoms with Crippen LogP contribution in [0.4, 0.5) is 32.1 Å². The molecule has 0 saturated carbocycles. The van der Waals surface area contributed by atoms with Crippen molar-refractivity contribution in [3.05, 3.63) is 173 Å². The molecule has 16 nitrogen and oxygen atoms in total. The van der Waals surface area contributed by atoms with Gasteiger partial charge in [-0.25, -0.2) is 41.1 Å². The highest BCUT2D eigenvalue weighted by atomic mass is 35.5. The van der Waals surface area contributed by atoms with Gasteiger partial charge in [0.15, 0.2) is 0 Å². The third-order valence-electron chi connectivity index (χ3n) is 13.3. The molecule has 2 aliphatic heterocycles. The van der Waals surface area contributed by atoms with Crippen LogP contribution in [0.15, 0.2) is 145 Å². The van der Waals surface area contributed by atoms with Crippen molar-refractivity contribution in [2.75, 3.05) is 48.3 Å². The average Bonchev–Trinajstić information content (AvgIpc) is 4.15.